The second kappa shape index (κ2) is 6.58. The van der Waals surface area contributed by atoms with Gasteiger partial charge in [-0.05, 0) is 26.0 Å². The number of para-hydroxylation sites is 1. The minimum Gasteiger partial charge on any atom is -0.491 e. The van der Waals surface area contributed by atoms with Crippen molar-refractivity contribution < 1.29 is 19.4 Å². The lowest BCUT2D eigenvalue weighted by molar-refractivity contribution is -0.151. The van der Waals surface area contributed by atoms with Crippen LogP contribution in [0.2, 0.25) is 0 Å². The number of rotatable bonds is 4. The van der Waals surface area contributed by atoms with E-state index in [9.17, 15) is 14.7 Å². The summed E-state index contributed by atoms with van der Waals surface area (Å²) in [5, 5.41) is 9.67. The number of nitrogens with zero attached hydrogens (tertiary/aromatic N) is 2. The number of aliphatic carboxylic acids is 1. The first-order valence-electron chi connectivity index (χ1n) is 8.02. The van der Waals surface area contributed by atoms with Gasteiger partial charge in [-0.15, -0.1) is 0 Å². The van der Waals surface area contributed by atoms with E-state index in [-0.39, 0.29) is 19.0 Å². The van der Waals surface area contributed by atoms with E-state index in [0.717, 1.165) is 12.8 Å². The fourth-order valence-electron chi connectivity index (χ4n) is 3.18. The Balaban J connectivity index is 1.81. The van der Waals surface area contributed by atoms with Crippen LogP contribution in [-0.4, -0.2) is 59.6 Å². The Morgan fingerprint density at radius 3 is 2.74 bits per heavy atom. The van der Waals surface area contributed by atoms with Gasteiger partial charge >= 0.3 is 5.97 Å². The number of hydrogen-bond donors (Lipinski definition) is 1. The zero-order valence-corrected chi connectivity index (χ0v) is 13.3. The largest absolute Gasteiger partial charge is 0.491 e. The van der Waals surface area contributed by atoms with Crippen molar-refractivity contribution in [3.63, 3.8) is 0 Å². The molecule has 1 saturated carbocycles. The summed E-state index contributed by atoms with van der Waals surface area (Å²) < 4.78 is 5.62. The molecule has 0 aromatic heterocycles. The van der Waals surface area contributed by atoms with Crippen molar-refractivity contribution >= 4 is 11.9 Å². The quantitative estimate of drug-likeness (QED) is 0.911. The smallest absolute Gasteiger partial charge is 0.331 e. The average molecular weight is 318 g/mol. The Morgan fingerprint density at radius 1 is 1.35 bits per heavy atom. The predicted octanol–water partition coefficient (Wildman–Crippen LogP) is 1.52. The van der Waals surface area contributed by atoms with E-state index in [1.165, 1.54) is 11.3 Å². The number of carboxylic acids is 1. The molecule has 2 aliphatic rings. The Hall–Kier alpha value is -2.08. The maximum atomic E-state index is 12.7. The molecular formula is C17H22N2O4. The summed E-state index contributed by atoms with van der Waals surface area (Å²) in [6.45, 7) is 0.833. The van der Waals surface area contributed by atoms with Crippen LogP contribution in [-0.2, 0) is 9.59 Å². The molecule has 1 atom stereocenters. The van der Waals surface area contributed by atoms with Crippen LogP contribution in [0, 0.1) is 0 Å². The minimum atomic E-state index is -1.03. The number of fused-ring (bicyclic) bond motifs is 1. The molecule has 1 heterocycles. The lowest BCUT2D eigenvalue weighted by Crippen LogP contribution is -2.47. The van der Waals surface area contributed by atoms with E-state index in [1.54, 1.807) is 24.3 Å². The van der Waals surface area contributed by atoms with E-state index in [2.05, 4.69) is 0 Å². The molecule has 1 aromatic rings. The van der Waals surface area contributed by atoms with E-state index in [1.807, 2.05) is 11.9 Å². The average Bonchev–Trinajstić information content (AvgIpc) is 2.64. The third-order valence-electron chi connectivity index (χ3n) is 4.75. The normalized spacial score (nSPS) is 21.1. The Morgan fingerprint density at radius 2 is 2.09 bits per heavy atom. The van der Waals surface area contributed by atoms with Gasteiger partial charge in [0.05, 0.1) is 13.1 Å². The molecule has 124 valence electrons. The molecule has 0 bridgehead atoms. The highest BCUT2D eigenvalue weighted by atomic mass is 16.5. The van der Waals surface area contributed by atoms with Gasteiger partial charge in [0.2, 0.25) is 5.91 Å². The summed E-state index contributed by atoms with van der Waals surface area (Å²) in [5.41, 5.74) is 0.539. The number of ether oxygens (including phenoxy) is 1. The second-order valence-corrected chi connectivity index (χ2v) is 6.21. The Bertz CT molecular complexity index is 600. The van der Waals surface area contributed by atoms with E-state index < -0.39 is 12.0 Å². The van der Waals surface area contributed by atoms with Crippen LogP contribution >= 0.6 is 0 Å². The van der Waals surface area contributed by atoms with Crippen molar-refractivity contribution in [1.29, 1.82) is 0 Å². The summed E-state index contributed by atoms with van der Waals surface area (Å²) >= 11 is 0. The molecule has 1 fully saturated rings. The molecule has 0 saturated heterocycles. The highest BCUT2D eigenvalue weighted by molar-refractivity contribution is 5.86. The maximum Gasteiger partial charge on any atom is 0.331 e. The molecule has 1 N–H and O–H groups in total. The first-order chi connectivity index (χ1) is 11.1. The van der Waals surface area contributed by atoms with Crippen LogP contribution in [0.25, 0.3) is 0 Å². The topological polar surface area (TPSA) is 70.1 Å². The van der Waals surface area contributed by atoms with Crippen molar-refractivity contribution in [2.75, 3.05) is 26.7 Å². The zero-order chi connectivity index (χ0) is 16.4. The van der Waals surface area contributed by atoms with Crippen molar-refractivity contribution in [2.24, 2.45) is 0 Å². The van der Waals surface area contributed by atoms with Crippen LogP contribution in [0.5, 0.6) is 5.75 Å². The molecule has 0 radical (unpaired) electrons. The highest BCUT2D eigenvalue weighted by Gasteiger charge is 2.36. The van der Waals surface area contributed by atoms with Gasteiger partial charge in [-0.2, -0.15) is 0 Å². The summed E-state index contributed by atoms with van der Waals surface area (Å²) in [7, 11) is 1.93. The van der Waals surface area contributed by atoms with Gasteiger partial charge < -0.3 is 14.7 Å². The van der Waals surface area contributed by atoms with E-state index in [4.69, 9.17) is 4.74 Å². The Labute approximate surface area is 135 Å². The van der Waals surface area contributed by atoms with Gasteiger partial charge in [-0.1, -0.05) is 24.6 Å². The number of benzene rings is 1. The van der Waals surface area contributed by atoms with Crippen molar-refractivity contribution in [1.82, 2.24) is 9.80 Å². The number of carboxylic acid groups (broad SMARTS) is 1. The van der Waals surface area contributed by atoms with Crippen molar-refractivity contribution in [2.45, 2.75) is 31.3 Å². The van der Waals surface area contributed by atoms with Gasteiger partial charge in [-0.3, -0.25) is 9.69 Å². The molecule has 1 aliphatic carbocycles. The minimum absolute atomic E-state index is 0.160. The lowest BCUT2D eigenvalue weighted by atomic mass is 9.92. The molecular weight excluding hydrogens is 296 g/mol. The zero-order valence-electron chi connectivity index (χ0n) is 13.3. The summed E-state index contributed by atoms with van der Waals surface area (Å²) in [6.07, 6.45) is 3.42. The number of carbonyl (C=O) groups is 2. The molecule has 0 spiro atoms. The molecule has 3 rings (SSSR count). The first-order valence-corrected chi connectivity index (χ1v) is 8.02. The molecule has 1 amide bonds. The van der Waals surface area contributed by atoms with Crippen LogP contribution in [0.15, 0.2) is 24.3 Å². The third kappa shape index (κ3) is 3.17. The SMILES string of the molecule is CN(CC(=O)N1CCOc2ccccc2C1C(=O)O)C1CCC1. The highest BCUT2D eigenvalue weighted by Crippen LogP contribution is 2.32. The number of amides is 1. The van der Waals surface area contributed by atoms with Crippen molar-refractivity contribution in [3.8, 4) is 5.75 Å². The molecule has 6 heteroatoms. The standard InChI is InChI=1S/C17H22N2O4/c1-18(12-5-4-6-12)11-15(20)19-9-10-23-14-8-3-2-7-13(14)16(19)17(21)22/h2-3,7-8,12,16H,4-6,9-11H2,1H3,(H,21,22). The first kappa shape index (κ1) is 15.8. The molecule has 1 aliphatic heterocycles. The molecule has 23 heavy (non-hydrogen) atoms. The van der Waals surface area contributed by atoms with Crippen LogP contribution in [0.4, 0.5) is 0 Å². The van der Waals surface area contributed by atoms with Crippen molar-refractivity contribution in [3.05, 3.63) is 29.8 Å². The van der Waals surface area contributed by atoms with Gasteiger partial charge in [0, 0.05) is 11.6 Å². The van der Waals surface area contributed by atoms with Gasteiger partial charge in [0.15, 0.2) is 6.04 Å². The second-order valence-electron chi connectivity index (χ2n) is 6.21. The molecule has 1 aromatic carbocycles. The monoisotopic (exact) mass is 318 g/mol. The van der Waals surface area contributed by atoms with Crippen LogP contribution in [0.3, 0.4) is 0 Å². The summed E-state index contributed by atoms with van der Waals surface area (Å²) in [4.78, 5) is 28.0. The summed E-state index contributed by atoms with van der Waals surface area (Å²) in [6, 6.07) is 6.50. The molecule has 1 unspecified atom stereocenters. The Kier molecular flexibility index (Phi) is 4.52. The third-order valence-corrected chi connectivity index (χ3v) is 4.75. The molecule has 6 nitrogen and oxygen atoms in total. The van der Waals surface area contributed by atoms with E-state index in [0.29, 0.717) is 24.0 Å². The fourth-order valence-corrected chi connectivity index (χ4v) is 3.18. The number of likely N-dealkylation sites (N-methyl/N-ethyl adjacent to an activating group) is 1. The van der Waals surface area contributed by atoms with Gasteiger partial charge in [-0.25, -0.2) is 4.79 Å². The van der Waals surface area contributed by atoms with Gasteiger partial charge in [0.1, 0.15) is 12.4 Å². The number of carbonyl (C=O) groups excluding carboxylic acids is 1. The fraction of sp³-hybridized carbons (Fsp3) is 0.529. The maximum absolute atomic E-state index is 12.7. The van der Waals surface area contributed by atoms with Crippen LogP contribution in [0.1, 0.15) is 30.9 Å². The number of hydrogen-bond acceptors (Lipinski definition) is 4. The van der Waals surface area contributed by atoms with Crippen LogP contribution < -0.4 is 4.74 Å². The summed E-state index contributed by atoms with van der Waals surface area (Å²) in [5.74, 6) is -0.641. The van der Waals surface area contributed by atoms with E-state index >= 15 is 0 Å². The van der Waals surface area contributed by atoms with Gasteiger partial charge in [0.25, 0.3) is 0 Å². The lowest BCUT2D eigenvalue weighted by Gasteiger charge is -2.36. The predicted molar refractivity (Wildman–Crippen MR) is 84.3 cm³/mol.